The van der Waals surface area contributed by atoms with E-state index in [2.05, 4.69) is 6.08 Å². The molecular formula is C18H22O5. The number of carbonyl (C=O) groups is 2. The van der Waals surface area contributed by atoms with Crippen molar-refractivity contribution in [3.05, 3.63) is 23.8 Å². The van der Waals surface area contributed by atoms with Crippen LogP contribution < -0.4 is 0 Å². The van der Waals surface area contributed by atoms with Crippen molar-refractivity contribution in [2.75, 3.05) is 6.61 Å². The number of hydrogen-bond donors (Lipinski definition) is 0. The summed E-state index contributed by atoms with van der Waals surface area (Å²) in [6.45, 7) is 4.29. The molecule has 2 saturated heterocycles. The number of carbonyl (C=O) groups excluding carboxylic acids is 2. The molecule has 0 aromatic heterocycles. The van der Waals surface area contributed by atoms with Gasteiger partial charge in [-0.3, -0.25) is 9.59 Å². The van der Waals surface area contributed by atoms with Crippen molar-refractivity contribution < 1.29 is 23.8 Å². The van der Waals surface area contributed by atoms with Crippen LogP contribution in [0.5, 0.6) is 0 Å². The van der Waals surface area contributed by atoms with Gasteiger partial charge < -0.3 is 14.2 Å². The summed E-state index contributed by atoms with van der Waals surface area (Å²) in [5.41, 5.74) is 1.16. The molecule has 4 aliphatic rings. The third kappa shape index (κ3) is 2.61. The average Bonchev–Trinajstić information content (AvgIpc) is 2.90. The Morgan fingerprint density at radius 2 is 1.91 bits per heavy atom. The second-order valence-electron chi connectivity index (χ2n) is 7.29. The number of ketones is 2. The van der Waals surface area contributed by atoms with E-state index in [4.69, 9.17) is 14.2 Å². The molecule has 0 radical (unpaired) electrons. The van der Waals surface area contributed by atoms with E-state index in [0.717, 1.165) is 18.4 Å². The summed E-state index contributed by atoms with van der Waals surface area (Å²) in [5, 5.41) is 0. The summed E-state index contributed by atoms with van der Waals surface area (Å²) in [4.78, 5) is 24.5. The van der Waals surface area contributed by atoms with Gasteiger partial charge in [0.1, 0.15) is 6.10 Å². The smallest absolute Gasteiger partial charge is 0.163 e. The standard InChI is InChI=1S/C18H22O5/c1-18(2)21-9-15(23-18)14-8-4-10-3-5-11-12(19)6-7-13(20)16(11)17(10)22-14/h3,6-7,11,14-17H,4-5,8-9H2,1-2H3/t11-,14-,15-,16-,17-/m1/s1. The molecule has 0 aromatic rings. The van der Waals surface area contributed by atoms with Crippen LogP contribution in [0.4, 0.5) is 0 Å². The molecule has 5 heteroatoms. The Labute approximate surface area is 135 Å². The van der Waals surface area contributed by atoms with Crippen LogP contribution in [0.3, 0.4) is 0 Å². The summed E-state index contributed by atoms with van der Waals surface area (Å²) >= 11 is 0. The average molecular weight is 318 g/mol. The fourth-order valence-corrected chi connectivity index (χ4v) is 4.18. The molecule has 0 N–H and O–H groups in total. The molecule has 0 unspecified atom stereocenters. The first-order valence-corrected chi connectivity index (χ1v) is 8.36. The highest BCUT2D eigenvalue weighted by Crippen LogP contribution is 2.42. The zero-order valence-electron chi connectivity index (χ0n) is 13.5. The normalized spacial score (nSPS) is 42.2. The van der Waals surface area contributed by atoms with Crippen molar-refractivity contribution in [2.45, 2.75) is 57.2 Å². The van der Waals surface area contributed by atoms with Crippen molar-refractivity contribution in [3.8, 4) is 0 Å². The van der Waals surface area contributed by atoms with Gasteiger partial charge in [0.05, 0.1) is 24.7 Å². The topological polar surface area (TPSA) is 61.8 Å². The van der Waals surface area contributed by atoms with E-state index < -0.39 is 5.79 Å². The lowest BCUT2D eigenvalue weighted by molar-refractivity contribution is -0.173. The van der Waals surface area contributed by atoms with Gasteiger partial charge in [0.2, 0.25) is 0 Å². The SMILES string of the molecule is CC1(C)OC[C@H]([C@H]2CCC3=CC[C@@H]4C(=O)C=CC(=O)[C@@H]4[C@@H]3O2)O1. The van der Waals surface area contributed by atoms with E-state index in [0.29, 0.717) is 13.0 Å². The molecule has 124 valence electrons. The van der Waals surface area contributed by atoms with E-state index in [-0.39, 0.29) is 41.7 Å². The first-order chi connectivity index (χ1) is 10.9. The summed E-state index contributed by atoms with van der Waals surface area (Å²) in [6.07, 6.45) is 6.84. The zero-order chi connectivity index (χ0) is 16.2. The number of ether oxygens (including phenoxy) is 3. The Balaban J connectivity index is 1.56. The van der Waals surface area contributed by atoms with Crippen LogP contribution in [-0.2, 0) is 23.8 Å². The molecule has 23 heavy (non-hydrogen) atoms. The van der Waals surface area contributed by atoms with Gasteiger partial charge in [-0.1, -0.05) is 6.08 Å². The lowest BCUT2D eigenvalue weighted by Gasteiger charge is -2.43. The van der Waals surface area contributed by atoms with Crippen molar-refractivity contribution in [3.63, 3.8) is 0 Å². The highest BCUT2D eigenvalue weighted by Gasteiger charge is 2.48. The van der Waals surface area contributed by atoms with Crippen LogP contribution in [0.2, 0.25) is 0 Å². The molecule has 0 aromatic carbocycles. The van der Waals surface area contributed by atoms with Crippen LogP contribution in [0.15, 0.2) is 23.8 Å². The fourth-order valence-electron chi connectivity index (χ4n) is 4.18. The molecule has 0 bridgehead atoms. The van der Waals surface area contributed by atoms with Gasteiger partial charge in [0.15, 0.2) is 17.4 Å². The minimum absolute atomic E-state index is 0.00905. The monoisotopic (exact) mass is 318 g/mol. The number of hydrogen-bond acceptors (Lipinski definition) is 5. The number of allylic oxidation sites excluding steroid dienone is 3. The third-order valence-electron chi connectivity index (χ3n) is 5.35. The maximum atomic E-state index is 12.4. The van der Waals surface area contributed by atoms with Crippen LogP contribution in [0.25, 0.3) is 0 Å². The second kappa shape index (κ2) is 5.36. The second-order valence-corrected chi connectivity index (χ2v) is 7.29. The molecular weight excluding hydrogens is 296 g/mol. The van der Waals surface area contributed by atoms with Crippen molar-refractivity contribution in [1.82, 2.24) is 0 Å². The molecule has 2 fully saturated rings. The summed E-state index contributed by atoms with van der Waals surface area (Å²) in [6, 6.07) is 0. The lowest BCUT2D eigenvalue weighted by atomic mass is 9.69. The van der Waals surface area contributed by atoms with E-state index in [1.54, 1.807) is 0 Å². The first-order valence-electron chi connectivity index (χ1n) is 8.36. The van der Waals surface area contributed by atoms with E-state index in [1.807, 2.05) is 13.8 Å². The van der Waals surface area contributed by atoms with Gasteiger partial charge in [-0.05, 0) is 50.8 Å². The summed E-state index contributed by atoms with van der Waals surface area (Å²) in [5.74, 6) is -1.17. The van der Waals surface area contributed by atoms with Crippen LogP contribution in [-0.4, -0.2) is 42.3 Å². The fraction of sp³-hybridized carbons (Fsp3) is 0.667. The predicted molar refractivity (Wildman–Crippen MR) is 81.6 cm³/mol. The molecule has 2 aliphatic carbocycles. The van der Waals surface area contributed by atoms with Crippen LogP contribution in [0.1, 0.15) is 33.1 Å². The Morgan fingerprint density at radius 1 is 1.13 bits per heavy atom. The zero-order valence-corrected chi connectivity index (χ0v) is 13.5. The Hall–Kier alpha value is -1.30. The third-order valence-corrected chi connectivity index (χ3v) is 5.35. The van der Waals surface area contributed by atoms with Gasteiger partial charge in [0, 0.05) is 5.92 Å². The Bertz CT molecular complexity index is 603. The molecule has 2 aliphatic heterocycles. The molecule has 5 atom stereocenters. The lowest BCUT2D eigenvalue weighted by Crippen LogP contribution is -2.50. The van der Waals surface area contributed by atoms with Crippen LogP contribution in [0, 0.1) is 11.8 Å². The van der Waals surface area contributed by atoms with Gasteiger partial charge in [-0.25, -0.2) is 0 Å². The highest BCUT2D eigenvalue weighted by molar-refractivity contribution is 6.08. The maximum Gasteiger partial charge on any atom is 0.163 e. The molecule has 0 spiro atoms. The minimum Gasteiger partial charge on any atom is -0.367 e. The summed E-state index contributed by atoms with van der Waals surface area (Å²) < 4.78 is 17.8. The molecule has 4 rings (SSSR count). The van der Waals surface area contributed by atoms with E-state index >= 15 is 0 Å². The maximum absolute atomic E-state index is 12.4. The van der Waals surface area contributed by atoms with Gasteiger partial charge in [0.25, 0.3) is 0 Å². The first kappa shape index (κ1) is 15.2. The Kier molecular flexibility index (Phi) is 3.55. The van der Waals surface area contributed by atoms with Gasteiger partial charge in [-0.15, -0.1) is 0 Å². The number of fused-ring (bicyclic) bond motifs is 3. The number of rotatable bonds is 1. The largest absolute Gasteiger partial charge is 0.367 e. The van der Waals surface area contributed by atoms with Crippen molar-refractivity contribution in [1.29, 1.82) is 0 Å². The van der Waals surface area contributed by atoms with E-state index in [9.17, 15) is 9.59 Å². The molecule has 2 heterocycles. The molecule has 0 amide bonds. The molecule has 5 nitrogen and oxygen atoms in total. The van der Waals surface area contributed by atoms with Gasteiger partial charge in [-0.2, -0.15) is 0 Å². The van der Waals surface area contributed by atoms with Crippen molar-refractivity contribution in [2.24, 2.45) is 11.8 Å². The van der Waals surface area contributed by atoms with Crippen LogP contribution >= 0.6 is 0 Å². The predicted octanol–water partition coefficient (Wildman–Crippen LogP) is 1.96. The van der Waals surface area contributed by atoms with E-state index in [1.165, 1.54) is 12.2 Å². The quantitative estimate of drug-likeness (QED) is 0.692. The summed E-state index contributed by atoms with van der Waals surface area (Å²) in [7, 11) is 0. The molecule has 0 saturated carbocycles. The van der Waals surface area contributed by atoms with Crippen molar-refractivity contribution >= 4 is 11.6 Å². The minimum atomic E-state index is -0.585. The highest BCUT2D eigenvalue weighted by atomic mass is 16.7. The van der Waals surface area contributed by atoms with Gasteiger partial charge >= 0.3 is 0 Å². The Morgan fingerprint density at radius 3 is 2.65 bits per heavy atom.